The van der Waals surface area contributed by atoms with Crippen molar-refractivity contribution < 1.29 is 14.6 Å². The summed E-state index contributed by atoms with van der Waals surface area (Å²) >= 11 is 0. The summed E-state index contributed by atoms with van der Waals surface area (Å²) in [7, 11) is 0. The Morgan fingerprint density at radius 3 is 2.55 bits per heavy atom. The van der Waals surface area contributed by atoms with E-state index in [4.69, 9.17) is 4.74 Å². The Labute approximate surface area is 120 Å². The standard InChI is InChI=1S/C17H22O3/c1-12(2)16-10-9-14(17(19)20-16)8-7-13-5-3-4-6-15(13)11-18/h3-6,9,12,16,18H,7-8,10-11H2,1-2H3. The van der Waals surface area contributed by atoms with Gasteiger partial charge in [0.2, 0.25) is 0 Å². The fourth-order valence-corrected chi connectivity index (χ4v) is 2.44. The van der Waals surface area contributed by atoms with Gasteiger partial charge in [-0.25, -0.2) is 4.79 Å². The van der Waals surface area contributed by atoms with E-state index in [0.717, 1.165) is 29.5 Å². The highest BCUT2D eigenvalue weighted by Gasteiger charge is 2.24. The molecule has 0 radical (unpaired) electrons. The number of carbonyl (C=O) groups excluding carboxylic acids is 1. The van der Waals surface area contributed by atoms with Crippen molar-refractivity contribution in [2.24, 2.45) is 5.92 Å². The maximum Gasteiger partial charge on any atom is 0.333 e. The summed E-state index contributed by atoms with van der Waals surface area (Å²) in [4.78, 5) is 11.9. The number of hydrogen-bond acceptors (Lipinski definition) is 3. The zero-order valence-electron chi connectivity index (χ0n) is 12.1. The van der Waals surface area contributed by atoms with Crippen LogP contribution in [0.1, 0.15) is 37.8 Å². The molecule has 1 N–H and O–H groups in total. The molecule has 0 saturated heterocycles. The summed E-state index contributed by atoms with van der Waals surface area (Å²) < 4.78 is 5.45. The molecule has 1 aromatic carbocycles. The number of benzene rings is 1. The highest BCUT2D eigenvalue weighted by atomic mass is 16.5. The predicted molar refractivity (Wildman–Crippen MR) is 78.1 cm³/mol. The number of carbonyl (C=O) groups is 1. The third kappa shape index (κ3) is 3.48. The van der Waals surface area contributed by atoms with Gasteiger partial charge in [0.15, 0.2) is 0 Å². The van der Waals surface area contributed by atoms with Gasteiger partial charge in [0, 0.05) is 12.0 Å². The van der Waals surface area contributed by atoms with Crippen LogP contribution in [0.25, 0.3) is 0 Å². The Kier molecular flexibility index (Phi) is 4.96. The molecule has 1 heterocycles. The van der Waals surface area contributed by atoms with Crippen molar-refractivity contribution in [1.29, 1.82) is 0 Å². The van der Waals surface area contributed by atoms with Crippen LogP contribution in [0.15, 0.2) is 35.9 Å². The molecule has 0 saturated carbocycles. The molecule has 2 rings (SSSR count). The summed E-state index contributed by atoms with van der Waals surface area (Å²) in [5.41, 5.74) is 2.78. The quantitative estimate of drug-likeness (QED) is 0.840. The van der Waals surface area contributed by atoms with Crippen molar-refractivity contribution in [2.45, 2.75) is 45.8 Å². The average Bonchev–Trinajstić information content (AvgIpc) is 2.46. The maximum atomic E-state index is 11.9. The molecule has 20 heavy (non-hydrogen) atoms. The van der Waals surface area contributed by atoms with E-state index in [0.29, 0.717) is 12.3 Å². The first kappa shape index (κ1) is 14.8. The lowest BCUT2D eigenvalue weighted by Gasteiger charge is -2.25. The predicted octanol–water partition coefficient (Wildman–Crippen LogP) is 3.01. The number of aryl methyl sites for hydroxylation is 1. The molecule has 0 bridgehead atoms. The number of aliphatic hydroxyl groups is 1. The fourth-order valence-electron chi connectivity index (χ4n) is 2.44. The molecular formula is C17H22O3. The number of esters is 1. The van der Waals surface area contributed by atoms with Gasteiger partial charge in [-0.15, -0.1) is 0 Å². The molecule has 0 fully saturated rings. The molecule has 1 aliphatic rings. The SMILES string of the molecule is CC(C)C1CC=C(CCc2ccccc2CO)C(=O)O1. The molecule has 1 aliphatic heterocycles. The molecule has 0 spiro atoms. The van der Waals surface area contributed by atoms with Crippen LogP contribution in [0.2, 0.25) is 0 Å². The minimum Gasteiger partial charge on any atom is -0.458 e. The largest absolute Gasteiger partial charge is 0.458 e. The van der Waals surface area contributed by atoms with E-state index in [1.165, 1.54) is 0 Å². The van der Waals surface area contributed by atoms with Gasteiger partial charge in [0.1, 0.15) is 6.10 Å². The van der Waals surface area contributed by atoms with Crippen molar-refractivity contribution in [2.75, 3.05) is 0 Å². The lowest BCUT2D eigenvalue weighted by atomic mass is 9.95. The highest BCUT2D eigenvalue weighted by molar-refractivity contribution is 5.89. The molecule has 3 heteroatoms. The molecule has 1 unspecified atom stereocenters. The summed E-state index contributed by atoms with van der Waals surface area (Å²) in [6, 6.07) is 7.78. The summed E-state index contributed by atoms with van der Waals surface area (Å²) in [6.07, 6.45) is 4.25. The molecular weight excluding hydrogens is 252 g/mol. The van der Waals surface area contributed by atoms with Gasteiger partial charge in [-0.2, -0.15) is 0 Å². The zero-order chi connectivity index (χ0) is 14.5. The van der Waals surface area contributed by atoms with Crippen LogP contribution in [0.5, 0.6) is 0 Å². The normalized spacial score (nSPS) is 18.9. The Bertz CT molecular complexity index is 503. The van der Waals surface area contributed by atoms with Crippen LogP contribution < -0.4 is 0 Å². The van der Waals surface area contributed by atoms with Gasteiger partial charge in [0.05, 0.1) is 6.61 Å². The first-order valence-electron chi connectivity index (χ1n) is 7.19. The topological polar surface area (TPSA) is 46.5 Å². The first-order chi connectivity index (χ1) is 9.61. The fraction of sp³-hybridized carbons (Fsp3) is 0.471. The van der Waals surface area contributed by atoms with Crippen LogP contribution >= 0.6 is 0 Å². The van der Waals surface area contributed by atoms with Gasteiger partial charge in [-0.1, -0.05) is 44.2 Å². The molecule has 0 amide bonds. The van der Waals surface area contributed by atoms with Gasteiger partial charge >= 0.3 is 5.97 Å². The second-order valence-corrected chi connectivity index (χ2v) is 5.58. The summed E-state index contributed by atoms with van der Waals surface area (Å²) in [5.74, 6) is 0.170. The van der Waals surface area contributed by atoms with Crippen LogP contribution in [-0.4, -0.2) is 17.2 Å². The number of hydrogen-bond donors (Lipinski definition) is 1. The molecule has 0 aliphatic carbocycles. The number of ether oxygens (including phenoxy) is 1. The second-order valence-electron chi connectivity index (χ2n) is 5.58. The Morgan fingerprint density at radius 1 is 1.25 bits per heavy atom. The number of rotatable bonds is 5. The van der Waals surface area contributed by atoms with Gasteiger partial charge < -0.3 is 9.84 Å². The van der Waals surface area contributed by atoms with Crippen molar-refractivity contribution in [1.82, 2.24) is 0 Å². The Morgan fingerprint density at radius 2 is 1.95 bits per heavy atom. The van der Waals surface area contributed by atoms with E-state index in [2.05, 4.69) is 13.8 Å². The van der Waals surface area contributed by atoms with Gasteiger partial charge in [-0.05, 0) is 29.9 Å². The first-order valence-corrected chi connectivity index (χ1v) is 7.19. The monoisotopic (exact) mass is 274 g/mol. The zero-order valence-corrected chi connectivity index (χ0v) is 12.1. The van der Waals surface area contributed by atoms with E-state index in [-0.39, 0.29) is 18.7 Å². The molecule has 3 nitrogen and oxygen atoms in total. The molecule has 1 aromatic rings. The summed E-state index contributed by atoms with van der Waals surface area (Å²) in [6.45, 7) is 4.16. The van der Waals surface area contributed by atoms with Crippen molar-refractivity contribution >= 4 is 5.97 Å². The maximum absolute atomic E-state index is 11.9. The van der Waals surface area contributed by atoms with Crippen molar-refractivity contribution in [3.05, 3.63) is 47.0 Å². The van der Waals surface area contributed by atoms with E-state index in [9.17, 15) is 9.90 Å². The van der Waals surface area contributed by atoms with E-state index in [1.54, 1.807) is 0 Å². The number of cyclic esters (lactones) is 1. The molecule has 1 atom stereocenters. The van der Waals surface area contributed by atoms with Gasteiger partial charge in [-0.3, -0.25) is 0 Å². The number of aliphatic hydroxyl groups excluding tert-OH is 1. The third-order valence-corrected chi connectivity index (χ3v) is 3.81. The van der Waals surface area contributed by atoms with Crippen LogP contribution in [0.4, 0.5) is 0 Å². The van der Waals surface area contributed by atoms with Gasteiger partial charge in [0.25, 0.3) is 0 Å². The lowest BCUT2D eigenvalue weighted by molar-refractivity contribution is -0.147. The van der Waals surface area contributed by atoms with E-state index in [1.807, 2.05) is 30.3 Å². The average molecular weight is 274 g/mol. The van der Waals surface area contributed by atoms with Crippen LogP contribution in [-0.2, 0) is 22.6 Å². The van der Waals surface area contributed by atoms with E-state index < -0.39 is 0 Å². The van der Waals surface area contributed by atoms with Crippen molar-refractivity contribution in [3.8, 4) is 0 Å². The van der Waals surface area contributed by atoms with Crippen LogP contribution in [0.3, 0.4) is 0 Å². The molecule has 108 valence electrons. The van der Waals surface area contributed by atoms with E-state index >= 15 is 0 Å². The lowest BCUT2D eigenvalue weighted by Crippen LogP contribution is -2.28. The minimum absolute atomic E-state index is 0.0102. The Hall–Kier alpha value is -1.61. The summed E-state index contributed by atoms with van der Waals surface area (Å²) in [5, 5.41) is 9.30. The van der Waals surface area contributed by atoms with Crippen molar-refractivity contribution in [3.63, 3.8) is 0 Å². The third-order valence-electron chi connectivity index (χ3n) is 3.81. The smallest absolute Gasteiger partial charge is 0.333 e. The minimum atomic E-state index is -0.184. The Balaban J connectivity index is 1.99. The van der Waals surface area contributed by atoms with Crippen LogP contribution in [0, 0.1) is 5.92 Å². The highest BCUT2D eigenvalue weighted by Crippen LogP contribution is 2.23. The molecule has 0 aromatic heterocycles. The second kappa shape index (κ2) is 6.71.